The first-order chi connectivity index (χ1) is 18.9. The van der Waals surface area contributed by atoms with Crippen LogP contribution in [-0.2, 0) is 28.7 Å². The Morgan fingerprint density at radius 1 is 0.975 bits per heavy atom. The summed E-state index contributed by atoms with van der Waals surface area (Å²) in [6.07, 6.45) is 14.4. The van der Waals surface area contributed by atoms with Gasteiger partial charge in [0, 0.05) is 18.8 Å². The molecule has 0 radical (unpaired) electrons. The SMILES string of the molecule is C=C1C=CC(=O)N(C)CC(=O)O[C@@H](CCCCCCCCCCCCC)[C@H](C)C(=O)[C@](C)(O)C(=O)NCC(=O)N1. The number of esters is 1. The van der Waals surface area contributed by atoms with E-state index in [9.17, 15) is 29.1 Å². The molecule has 0 aromatic rings. The van der Waals surface area contributed by atoms with Crippen molar-refractivity contribution in [3.05, 3.63) is 24.4 Å². The average Bonchev–Trinajstić information content (AvgIpc) is 2.91. The highest BCUT2D eigenvalue weighted by Crippen LogP contribution is 2.23. The second kappa shape index (κ2) is 18.4. The number of hydrogen-bond donors (Lipinski definition) is 3. The summed E-state index contributed by atoms with van der Waals surface area (Å²) in [4.78, 5) is 64.2. The van der Waals surface area contributed by atoms with E-state index >= 15 is 0 Å². The van der Waals surface area contributed by atoms with E-state index in [0.29, 0.717) is 12.8 Å². The van der Waals surface area contributed by atoms with Gasteiger partial charge in [-0.3, -0.25) is 24.0 Å². The lowest BCUT2D eigenvalue weighted by atomic mass is 9.85. The van der Waals surface area contributed by atoms with Crippen LogP contribution in [0.15, 0.2) is 24.4 Å². The predicted molar refractivity (Wildman–Crippen MR) is 153 cm³/mol. The van der Waals surface area contributed by atoms with Gasteiger partial charge in [0.25, 0.3) is 5.91 Å². The van der Waals surface area contributed by atoms with Crippen LogP contribution in [0.2, 0.25) is 0 Å². The fourth-order valence-corrected chi connectivity index (χ4v) is 4.52. The zero-order chi connectivity index (χ0) is 30.1. The van der Waals surface area contributed by atoms with Gasteiger partial charge in [-0.1, -0.05) is 84.6 Å². The van der Waals surface area contributed by atoms with Gasteiger partial charge in [0.15, 0.2) is 11.4 Å². The standard InChI is InChI=1S/C30H49N3O7/c1-6-7-8-9-10-11-12-13-14-15-16-17-24-23(3)28(37)30(4,39)29(38)31-20-25(34)32-22(2)18-19-26(35)33(5)21-27(36)40-24/h18-19,23-24,39H,2,6-17,20-21H2,1,3-5H3,(H,31,38)(H,32,34)/t23-,24-,30-/m0/s1. The first-order valence-corrected chi connectivity index (χ1v) is 14.6. The molecule has 1 rings (SSSR count). The number of carbonyl (C=O) groups excluding carboxylic acids is 5. The van der Waals surface area contributed by atoms with Crippen molar-refractivity contribution < 1.29 is 33.8 Å². The summed E-state index contributed by atoms with van der Waals surface area (Å²) in [6, 6.07) is 0. The third-order valence-electron chi connectivity index (χ3n) is 7.15. The number of aliphatic hydroxyl groups is 1. The van der Waals surface area contributed by atoms with Crippen molar-refractivity contribution in [1.82, 2.24) is 15.5 Å². The summed E-state index contributed by atoms with van der Waals surface area (Å²) in [7, 11) is 1.42. The van der Waals surface area contributed by atoms with Crippen molar-refractivity contribution in [3.8, 4) is 0 Å². The zero-order valence-corrected chi connectivity index (χ0v) is 24.8. The van der Waals surface area contributed by atoms with Gasteiger partial charge in [0.05, 0.1) is 12.5 Å². The van der Waals surface area contributed by atoms with E-state index in [1.54, 1.807) is 0 Å². The third-order valence-corrected chi connectivity index (χ3v) is 7.15. The zero-order valence-electron chi connectivity index (χ0n) is 24.8. The van der Waals surface area contributed by atoms with Crippen LogP contribution in [0.5, 0.6) is 0 Å². The number of Topliss-reactive ketones (excluding diaryl/α,β-unsaturated/α-hetero) is 1. The number of amides is 3. The Bertz CT molecular complexity index is 913. The van der Waals surface area contributed by atoms with Crippen LogP contribution >= 0.6 is 0 Å². The molecule has 226 valence electrons. The number of nitrogens with zero attached hydrogens (tertiary/aromatic N) is 1. The molecule has 3 amide bonds. The fourth-order valence-electron chi connectivity index (χ4n) is 4.52. The fraction of sp³-hybridized carbons (Fsp3) is 0.700. The molecule has 3 atom stereocenters. The number of carbonyl (C=O) groups is 5. The van der Waals surface area contributed by atoms with E-state index in [0.717, 1.165) is 37.2 Å². The van der Waals surface area contributed by atoms with Crippen LogP contribution in [0.25, 0.3) is 0 Å². The summed E-state index contributed by atoms with van der Waals surface area (Å²) in [5.41, 5.74) is -2.37. The van der Waals surface area contributed by atoms with E-state index in [4.69, 9.17) is 4.74 Å². The maximum atomic E-state index is 13.2. The van der Waals surface area contributed by atoms with Crippen molar-refractivity contribution in [2.45, 2.75) is 110 Å². The quantitative estimate of drug-likeness (QED) is 0.188. The maximum Gasteiger partial charge on any atom is 0.325 e. The number of ketones is 1. The van der Waals surface area contributed by atoms with E-state index in [-0.39, 0.29) is 12.2 Å². The van der Waals surface area contributed by atoms with Crippen LogP contribution in [0.1, 0.15) is 97.8 Å². The average molecular weight is 564 g/mol. The second-order valence-electron chi connectivity index (χ2n) is 10.9. The molecule has 0 aromatic heterocycles. The molecule has 10 heteroatoms. The first kappa shape index (κ1) is 35.0. The van der Waals surface area contributed by atoms with Gasteiger partial charge in [-0.25, -0.2) is 0 Å². The number of allylic oxidation sites excluding steroid dienone is 1. The Hall–Kier alpha value is -3.01. The van der Waals surface area contributed by atoms with Crippen LogP contribution in [0.3, 0.4) is 0 Å². The first-order valence-electron chi connectivity index (χ1n) is 14.6. The number of likely N-dealkylation sites (N-methyl/N-ethyl adjacent to an activating group) is 1. The molecular formula is C30H49N3O7. The second-order valence-corrected chi connectivity index (χ2v) is 10.9. The van der Waals surface area contributed by atoms with Gasteiger partial charge in [0.1, 0.15) is 12.6 Å². The third kappa shape index (κ3) is 12.9. The number of ether oxygens (including phenoxy) is 1. The number of rotatable bonds is 12. The van der Waals surface area contributed by atoms with Gasteiger partial charge in [-0.15, -0.1) is 0 Å². The Balaban J connectivity index is 2.86. The molecule has 0 saturated carbocycles. The van der Waals surface area contributed by atoms with E-state index in [2.05, 4.69) is 24.1 Å². The Labute approximate surface area is 239 Å². The van der Waals surface area contributed by atoms with Crippen LogP contribution in [0, 0.1) is 5.92 Å². The molecule has 0 bridgehead atoms. The lowest BCUT2D eigenvalue weighted by Gasteiger charge is -2.29. The van der Waals surface area contributed by atoms with Gasteiger partial charge in [0.2, 0.25) is 11.8 Å². The topological polar surface area (TPSA) is 142 Å². The van der Waals surface area contributed by atoms with Crippen molar-refractivity contribution in [3.63, 3.8) is 0 Å². The molecule has 0 spiro atoms. The molecule has 1 aliphatic heterocycles. The molecule has 3 N–H and O–H groups in total. The van der Waals surface area contributed by atoms with Crippen LogP contribution < -0.4 is 10.6 Å². The van der Waals surface area contributed by atoms with E-state index in [1.165, 1.54) is 65.0 Å². The van der Waals surface area contributed by atoms with E-state index < -0.39 is 53.6 Å². The van der Waals surface area contributed by atoms with Crippen molar-refractivity contribution >= 4 is 29.5 Å². The lowest BCUT2D eigenvalue weighted by Crippen LogP contribution is -2.55. The Morgan fingerprint density at radius 3 is 2.10 bits per heavy atom. The monoisotopic (exact) mass is 563 g/mol. The molecule has 0 fully saturated rings. The highest BCUT2D eigenvalue weighted by Gasteiger charge is 2.44. The smallest absolute Gasteiger partial charge is 0.325 e. The normalized spacial score (nSPS) is 24.0. The molecule has 1 aliphatic rings. The van der Waals surface area contributed by atoms with Crippen LogP contribution in [0.4, 0.5) is 0 Å². The number of nitrogens with one attached hydrogen (secondary N) is 2. The number of unbranched alkanes of at least 4 members (excludes halogenated alkanes) is 10. The molecule has 0 aromatic carbocycles. The maximum absolute atomic E-state index is 13.2. The van der Waals surface area contributed by atoms with Gasteiger partial charge in [-0.05, 0) is 25.8 Å². The molecule has 0 saturated heterocycles. The Morgan fingerprint density at radius 2 is 1.52 bits per heavy atom. The summed E-state index contributed by atoms with van der Waals surface area (Å²) < 4.78 is 5.63. The van der Waals surface area contributed by atoms with Gasteiger partial charge in [-0.2, -0.15) is 0 Å². The minimum atomic E-state index is -2.45. The number of hydrogen-bond acceptors (Lipinski definition) is 7. The van der Waals surface area contributed by atoms with Gasteiger partial charge >= 0.3 is 5.97 Å². The minimum Gasteiger partial charge on any atom is -0.460 e. The van der Waals surface area contributed by atoms with E-state index in [1.807, 2.05) is 0 Å². The van der Waals surface area contributed by atoms with Crippen LogP contribution in [-0.4, -0.2) is 71.3 Å². The summed E-state index contributed by atoms with van der Waals surface area (Å²) in [5.74, 6) is -4.75. The van der Waals surface area contributed by atoms with Crippen molar-refractivity contribution in [2.24, 2.45) is 5.92 Å². The molecule has 1 heterocycles. The molecule has 0 unspecified atom stereocenters. The predicted octanol–water partition coefficient (Wildman–Crippen LogP) is 3.33. The molecule has 10 nitrogen and oxygen atoms in total. The molecular weight excluding hydrogens is 514 g/mol. The largest absolute Gasteiger partial charge is 0.460 e. The summed E-state index contributed by atoms with van der Waals surface area (Å²) in [5, 5.41) is 15.4. The highest BCUT2D eigenvalue weighted by molar-refractivity contribution is 6.10. The Kier molecular flexibility index (Phi) is 16.1. The minimum absolute atomic E-state index is 0.0800. The lowest BCUT2D eigenvalue weighted by molar-refractivity contribution is -0.162. The number of cyclic esters (lactones) is 1. The van der Waals surface area contributed by atoms with Gasteiger partial charge < -0.3 is 25.4 Å². The summed E-state index contributed by atoms with van der Waals surface area (Å²) >= 11 is 0. The molecule has 0 aliphatic carbocycles. The van der Waals surface area contributed by atoms with Crippen molar-refractivity contribution in [2.75, 3.05) is 20.1 Å². The molecule has 40 heavy (non-hydrogen) atoms. The summed E-state index contributed by atoms with van der Waals surface area (Å²) in [6.45, 7) is 7.49. The van der Waals surface area contributed by atoms with Crippen molar-refractivity contribution in [1.29, 1.82) is 0 Å². The highest BCUT2D eigenvalue weighted by atomic mass is 16.5.